The zero-order chi connectivity index (χ0) is 17.3. The van der Waals surface area contributed by atoms with Crippen molar-refractivity contribution in [3.8, 4) is 0 Å². The third-order valence-electron chi connectivity index (χ3n) is 6.20. The van der Waals surface area contributed by atoms with E-state index in [1.807, 2.05) is 11.8 Å². The number of hydrogen-bond acceptors (Lipinski definition) is 4. The summed E-state index contributed by atoms with van der Waals surface area (Å²) in [6.07, 6.45) is 1.83. The van der Waals surface area contributed by atoms with Gasteiger partial charge in [0.05, 0.1) is 6.10 Å². The number of hydrogen-bond donors (Lipinski definition) is 1. The van der Waals surface area contributed by atoms with Crippen LogP contribution in [-0.4, -0.2) is 66.7 Å². The van der Waals surface area contributed by atoms with Crippen molar-refractivity contribution >= 4 is 30.7 Å². The Labute approximate surface area is 165 Å². The number of halogens is 2. The number of nitrogens with two attached hydrogens (primary N) is 1. The molecule has 0 aromatic carbocycles. The molecular formula is C18H37Cl2N3O2. The molecule has 25 heavy (non-hydrogen) atoms. The summed E-state index contributed by atoms with van der Waals surface area (Å²) in [6, 6.07) is 0. The molecule has 2 rings (SSSR count). The summed E-state index contributed by atoms with van der Waals surface area (Å²) in [6.45, 7) is 16.1. The zero-order valence-corrected chi connectivity index (χ0v) is 18.0. The van der Waals surface area contributed by atoms with E-state index in [1.165, 1.54) is 0 Å². The summed E-state index contributed by atoms with van der Waals surface area (Å²) in [4.78, 5) is 17.5. The Bertz CT molecular complexity index is 433. The van der Waals surface area contributed by atoms with E-state index in [9.17, 15) is 4.79 Å². The summed E-state index contributed by atoms with van der Waals surface area (Å²) < 4.78 is 5.75. The van der Waals surface area contributed by atoms with Crippen LogP contribution in [0, 0.1) is 11.3 Å². The van der Waals surface area contributed by atoms with Crippen molar-refractivity contribution in [3.63, 3.8) is 0 Å². The van der Waals surface area contributed by atoms with Crippen LogP contribution in [0.1, 0.15) is 47.5 Å². The minimum Gasteiger partial charge on any atom is -0.378 e. The smallest absolute Gasteiger partial charge is 0.243 e. The van der Waals surface area contributed by atoms with Gasteiger partial charge in [0.25, 0.3) is 0 Å². The van der Waals surface area contributed by atoms with Crippen molar-refractivity contribution in [2.24, 2.45) is 17.1 Å². The maximum Gasteiger partial charge on any atom is 0.243 e. The van der Waals surface area contributed by atoms with Gasteiger partial charge in [0.1, 0.15) is 5.54 Å². The molecule has 5 nitrogen and oxygen atoms in total. The average molecular weight is 398 g/mol. The van der Waals surface area contributed by atoms with Gasteiger partial charge in [-0.05, 0) is 32.4 Å². The molecule has 0 bridgehead atoms. The first kappa shape index (κ1) is 24.9. The molecule has 1 saturated carbocycles. The number of nitrogens with zero attached hydrogens (tertiary/aromatic N) is 2. The number of carbonyl (C=O) groups is 1. The number of likely N-dealkylation sites (tertiary alicyclic amines) is 1. The summed E-state index contributed by atoms with van der Waals surface area (Å²) in [7, 11) is 0. The van der Waals surface area contributed by atoms with Crippen molar-refractivity contribution in [1.82, 2.24) is 9.80 Å². The lowest BCUT2D eigenvalue weighted by Gasteiger charge is -2.58. The summed E-state index contributed by atoms with van der Waals surface area (Å²) in [5, 5.41) is 0. The number of rotatable bonds is 7. The fourth-order valence-electron chi connectivity index (χ4n) is 4.09. The summed E-state index contributed by atoms with van der Waals surface area (Å²) >= 11 is 0. The Kier molecular flexibility index (Phi) is 9.72. The highest BCUT2D eigenvalue weighted by Crippen LogP contribution is 2.50. The van der Waals surface area contributed by atoms with Crippen LogP contribution in [0.5, 0.6) is 0 Å². The zero-order valence-electron chi connectivity index (χ0n) is 16.4. The first-order valence-corrected chi connectivity index (χ1v) is 9.22. The van der Waals surface area contributed by atoms with Gasteiger partial charge in [-0.25, -0.2) is 0 Å². The van der Waals surface area contributed by atoms with Crippen LogP contribution in [-0.2, 0) is 9.53 Å². The predicted molar refractivity (Wildman–Crippen MR) is 108 cm³/mol. The van der Waals surface area contributed by atoms with Crippen molar-refractivity contribution in [1.29, 1.82) is 0 Å². The minimum atomic E-state index is -0.767. The molecule has 1 amide bonds. The molecular weight excluding hydrogens is 361 g/mol. The van der Waals surface area contributed by atoms with E-state index < -0.39 is 5.54 Å². The van der Waals surface area contributed by atoms with Gasteiger partial charge in [0.2, 0.25) is 5.91 Å². The Morgan fingerprint density at radius 2 is 1.84 bits per heavy atom. The van der Waals surface area contributed by atoms with E-state index in [4.69, 9.17) is 10.5 Å². The lowest BCUT2D eigenvalue weighted by atomic mass is 9.54. The topological polar surface area (TPSA) is 58.8 Å². The minimum absolute atomic E-state index is 0. The second-order valence-corrected chi connectivity index (χ2v) is 7.73. The molecule has 150 valence electrons. The maximum absolute atomic E-state index is 13.0. The molecule has 3 atom stereocenters. The van der Waals surface area contributed by atoms with E-state index >= 15 is 0 Å². The van der Waals surface area contributed by atoms with Crippen molar-refractivity contribution in [2.45, 2.75) is 59.1 Å². The molecule has 0 aromatic heterocycles. The summed E-state index contributed by atoms with van der Waals surface area (Å²) in [5.41, 5.74) is 5.48. The van der Waals surface area contributed by atoms with E-state index in [2.05, 4.69) is 32.6 Å². The van der Waals surface area contributed by atoms with Gasteiger partial charge in [-0.1, -0.05) is 27.7 Å². The van der Waals surface area contributed by atoms with E-state index in [0.717, 1.165) is 39.1 Å². The van der Waals surface area contributed by atoms with Crippen molar-refractivity contribution < 1.29 is 9.53 Å². The molecule has 0 spiro atoms. The van der Waals surface area contributed by atoms with Gasteiger partial charge in [-0.3, -0.25) is 4.79 Å². The van der Waals surface area contributed by atoms with Crippen LogP contribution in [0.3, 0.4) is 0 Å². The molecule has 7 heteroatoms. The SMILES string of the molecule is CCOC1CC(N)(C(=O)N2CCC(CN(CC)CC)C2)C1(C)C.Cl.Cl. The first-order chi connectivity index (χ1) is 10.8. The highest BCUT2D eigenvalue weighted by Gasteiger charge is 2.64. The maximum atomic E-state index is 13.0. The average Bonchev–Trinajstić information content (AvgIpc) is 2.99. The molecule has 1 aliphatic heterocycles. The summed E-state index contributed by atoms with van der Waals surface area (Å²) in [5.74, 6) is 0.703. The fourth-order valence-corrected chi connectivity index (χ4v) is 4.09. The molecule has 1 heterocycles. The van der Waals surface area contributed by atoms with E-state index in [1.54, 1.807) is 0 Å². The third kappa shape index (κ3) is 4.62. The standard InChI is InChI=1S/C18H35N3O2.2ClH/c1-6-20(7-2)12-14-9-10-21(13-14)16(22)18(19)11-15(23-8-3)17(18,4)5;;/h14-15H,6-13,19H2,1-5H3;2*1H. The Morgan fingerprint density at radius 3 is 2.32 bits per heavy atom. The normalized spacial score (nSPS) is 30.4. The molecule has 3 unspecified atom stereocenters. The van der Waals surface area contributed by atoms with Gasteiger partial charge < -0.3 is 20.3 Å². The van der Waals surface area contributed by atoms with Crippen LogP contribution in [0.25, 0.3) is 0 Å². The van der Waals surface area contributed by atoms with Crippen LogP contribution in [0.2, 0.25) is 0 Å². The van der Waals surface area contributed by atoms with Crippen LogP contribution < -0.4 is 5.73 Å². The first-order valence-electron chi connectivity index (χ1n) is 9.22. The molecule has 0 radical (unpaired) electrons. The second kappa shape index (κ2) is 9.75. The second-order valence-electron chi connectivity index (χ2n) is 7.73. The molecule has 0 aromatic rings. The molecule has 2 N–H and O–H groups in total. The van der Waals surface area contributed by atoms with Crippen LogP contribution >= 0.6 is 24.8 Å². The van der Waals surface area contributed by atoms with Crippen LogP contribution in [0.15, 0.2) is 0 Å². The van der Waals surface area contributed by atoms with E-state index in [-0.39, 0.29) is 42.2 Å². The van der Waals surface area contributed by atoms with Gasteiger partial charge in [0.15, 0.2) is 0 Å². The quantitative estimate of drug-likeness (QED) is 0.716. The monoisotopic (exact) mass is 397 g/mol. The molecule has 2 fully saturated rings. The van der Waals surface area contributed by atoms with Crippen molar-refractivity contribution in [2.75, 3.05) is 39.3 Å². The third-order valence-corrected chi connectivity index (χ3v) is 6.20. The van der Waals surface area contributed by atoms with Crippen LogP contribution in [0.4, 0.5) is 0 Å². The lowest BCUT2D eigenvalue weighted by Crippen LogP contribution is -2.75. The lowest BCUT2D eigenvalue weighted by molar-refractivity contribution is -0.178. The number of amides is 1. The van der Waals surface area contributed by atoms with Gasteiger partial charge in [0, 0.05) is 38.1 Å². The largest absolute Gasteiger partial charge is 0.378 e. The molecule has 1 aliphatic carbocycles. The Hall–Kier alpha value is -0.0700. The highest BCUT2D eigenvalue weighted by molar-refractivity contribution is 5.89. The number of carbonyl (C=O) groups excluding carboxylic acids is 1. The molecule has 2 aliphatic rings. The molecule has 1 saturated heterocycles. The Balaban J connectivity index is 0.00000288. The highest BCUT2D eigenvalue weighted by atomic mass is 35.5. The van der Waals surface area contributed by atoms with E-state index in [0.29, 0.717) is 18.9 Å². The van der Waals surface area contributed by atoms with Gasteiger partial charge in [-0.15, -0.1) is 24.8 Å². The van der Waals surface area contributed by atoms with Gasteiger partial charge in [-0.2, -0.15) is 0 Å². The number of ether oxygens (including phenoxy) is 1. The fraction of sp³-hybridized carbons (Fsp3) is 0.944. The van der Waals surface area contributed by atoms with Crippen molar-refractivity contribution in [3.05, 3.63) is 0 Å². The van der Waals surface area contributed by atoms with Gasteiger partial charge >= 0.3 is 0 Å². The Morgan fingerprint density at radius 1 is 1.24 bits per heavy atom. The predicted octanol–water partition coefficient (Wildman–Crippen LogP) is 2.55.